The molecule has 0 spiro atoms. The van der Waals surface area contributed by atoms with Gasteiger partial charge in [-0.25, -0.2) is 14.5 Å². The third-order valence-corrected chi connectivity index (χ3v) is 4.26. The summed E-state index contributed by atoms with van der Waals surface area (Å²) in [6.07, 6.45) is 1.08. The molecule has 4 amide bonds. The van der Waals surface area contributed by atoms with Crippen LogP contribution in [0.1, 0.15) is 5.56 Å². The van der Waals surface area contributed by atoms with E-state index in [1.165, 1.54) is 36.4 Å². The predicted molar refractivity (Wildman–Crippen MR) is 107 cm³/mol. The quantitative estimate of drug-likeness (QED) is 0.297. The lowest BCUT2D eigenvalue weighted by molar-refractivity contribution is -0.384. The maximum Gasteiger partial charge on any atom is 0.341 e. The van der Waals surface area contributed by atoms with E-state index in [0.717, 1.165) is 12.1 Å². The summed E-state index contributed by atoms with van der Waals surface area (Å²) in [5, 5.41) is 22.0. The maximum absolute atomic E-state index is 12.9. The number of carbonyl (C=O) groups is 4. The first-order valence-corrected chi connectivity index (χ1v) is 8.85. The zero-order chi connectivity index (χ0) is 22.7. The van der Waals surface area contributed by atoms with Crippen molar-refractivity contribution in [3.63, 3.8) is 0 Å². The summed E-state index contributed by atoms with van der Waals surface area (Å²) in [6, 6.07) is 7.78. The van der Waals surface area contributed by atoms with Crippen LogP contribution < -0.4 is 15.0 Å². The molecule has 3 rings (SSSR count). The van der Waals surface area contributed by atoms with Gasteiger partial charge in [0.1, 0.15) is 11.3 Å². The van der Waals surface area contributed by atoms with E-state index in [2.05, 4.69) is 0 Å². The van der Waals surface area contributed by atoms with Gasteiger partial charge in [0, 0.05) is 22.7 Å². The lowest BCUT2D eigenvalue weighted by atomic mass is 10.1. The van der Waals surface area contributed by atoms with E-state index < -0.39 is 40.9 Å². The number of ether oxygens (including phenoxy) is 1. The SMILES string of the molecule is O=C(O)COc1ccc(Cl)cc1/C=C1/C(=O)NC(=O)N(c2cccc([N+](=O)[O-])c2)C1=O. The summed E-state index contributed by atoms with van der Waals surface area (Å²) in [4.78, 5) is 59.2. The zero-order valence-corrected chi connectivity index (χ0v) is 16.2. The number of amides is 4. The number of nitro groups is 1. The van der Waals surface area contributed by atoms with Crippen molar-refractivity contribution in [3.05, 3.63) is 68.7 Å². The Bertz CT molecular complexity index is 1160. The van der Waals surface area contributed by atoms with Gasteiger partial charge in [-0.05, 0) is 30.3 Å². The van der Waals surface area contributed by atoms with Crippen molar-refractivity contribution >= 4 is 52.9 Å². The number of nitro benzene ring substituents is 1. The Labute approximate surface area is 178 Å². The number of barbiturate groups is 1. The Morgan fingerprint density at radius 3 is 2.65 bits per heavy atom. The molecule has 0 bridgehead atoms. The number of carbonyl (C=O) groups excluding carboxylic acids is 3. The Morgan fingerprint density at radius 1 is 1.23 bits per heavy atom. The second kappa shape index (κ2) is 8.63. The molecule has 1 aliphatic heterocycles. The molecule has 2 aromatic carbocycles. The summed E-state index contributed by atoms with van der Waals surface area (Å²) in [5.41, 5.74) is -0.864. The molecular formula is C19H12ClN3O8. The number of imide groups is 2. The average Bonchev–Trinajstić information content (AvgIpc) is 2.70. The van der Waals surface area contributed by atoms with Crippen molar-refractivity contribution < 1.29 is 33.9 Å². The van der Waals surface area contributed by atoms with Gasteiger partial charge in [-0.3, -0.25) is 25.0 Å². The number of rotatable bonds is 6. The fraction of sp³-hybridized carbons (Fsp3) is 0.0526. The van der Waals surface area contributed by atoms with Crippen LogP contribution in [0.5, 0.6) is 5.75 Å². The average molecular weight is 446 g/mol. The molecule has 11 nitrogen and oxygen atoms in total. The number of hydrogen-bond donors (Lipinski definition) is 2. The van der Waals surface area contributed by atoms with Gasteiger partial charge in [-0.1, -0.05) is 17.7 Å². The fourth-order valence-corrected chi connectivity index (χ4v) is 2.88. The van der Waals surface area contributed by atoms with E-state index in [1.54, 1.807) is 0 Å². The van der Waals surface area contributed by atoms with E-state index in [0.29, 0.717) is 4.90 Å². The number of hydrogen-bond acceptors (Lipinski definition) is 7. The van der Waals surface area contributed by atoms with Crippen LogP contribution in [0, 0.1) is 10.1 Å². The van der Waals surface area contributed by atoms with Crippen LogP contribution >= 0.6 is 11.6 Å². The Hall–Kier alpha value is -4.25. The number of nitrogens with one attached hydrogen (secondary N) is 1. The standard InChI is InChI=1S/C19H12ClN3O8/c20-11-4-5-15(31-9-16(24)25)10(6-11)7-14-17(26)21-19(28)22(18(14)27)12-2-1-3-13(8-12)23(29)30/h1-8H,9H2,(H,24,25)(H,21,26,28)/b14-7-. The molecule has 1 heterocycles. The summed E-state index contributed by atoms with van der Waals surface area (Å²) in [5.74, 6) is -3.28. The molecule has 0 aliphatic carbocycles. The van der Waals surface area contributed by atoms with Crippen LogP contribution in [0.2, 0.25) is 5.02 Å². The maximum atomic E-state index is 12.9. The topological polar surface area (TPSA) is 156 Å². The predicted octanol–water partition coefficient (Wildman–Crippen LogP) is 2.38. The van der Waals surface area contributed by atoms with Crippen LogP contribution in [-0.4, -0.2) is 40.5 Å². The molecule has 12 heteroatoms. The van der Waals surface area contributed by atoms with E-state index in [9.17, 15) is 29.3 Å². The van der Waals surface area contributed by atoms with Crippen molar-refractivity contribution in [2.75, 3.05) is 11.5 Å². The summed E-state index contributed by atoms with van der Waals surface area (Å²) in [6.45, 7) is -0.684. The summed E-state index contributed by atoms with van der Waals surface area (Å²) in [7, 11) is 0. The van der Waals surface area contributed by atoms with Crippen LogP contribution in [0.25, 0.3) is 6.08 Å². The van der Waals surface area contributed by atoms with Crippen molar-refractivity contribution in [3.8, 4) is 5.75 Å². The summed E-state index contributed by atoms with van der Waals surface area (Å²) < 4.78 is 5.14. The van der Waals surface area contributed by atoms with E-state index in [-0.39, 0.29) is 27.7 Å². The highest BCUT2D eigenvalue weighted by molar-refractivity contribution is 6.39. The van der Waals surface area contributed by atoms with Gasteiger partial charge in [0.2, 0.25) is 0 Å². The molecule has 2 N–H and O–H groups in total. The number of carboxylic acid groups (broad SMARTS) is 1. The van der Waals surface area contributed by atoms with Gasteiger partial charge in [-0.2, -0.15) is 0 Å². The first kappa shape index (κ1) is 21.5. The molecule has 2 aromatic rings. The molecule has 1 saturated heterocycles. The minimum atomic E-state index is -1.25. The van der Waals surface area contributed by atoms with Gasteiger partial charge >= 0.3 is 12.0 Å². The minimum Gasteiger partial charge on any atom is -0.481 e. The largest absolute Gasteiger partial charge is 0.481 e. The van der Waals surface area contributed by atoms with Gasteiger partial charge < -0.3 is 9.84 Å². The minimum absolute atomic E-state index is 0.0266. The van der Waals surface area contributed by atoms with Crippen LogP contribution in [0.3, 0.4) is 0 Å². The third kappa shape index (κ3) is 4.67. The second-order valence-corrected chi connectivity index (χ2v) is 6.54. The first-order chi connectivity index (χ1) is 14.7. The number of benzene rings is 2. The van der Waals surface area contributed by atoms with E-state index in [1.807, 2.05) is 5.32 Å². The highest BCUT2D eigenvalue weighted by Crippen LogP contribution is 2.29. The van der Waals surface area contributed by atoms with Gasteiger partial charge in [0.25, 0.3) is 17.5 Å². The Kier molecular flexibility index (Phi) is 5.97. The Morgan fingerprint density at radius 2 is 1.97 bits per heavy atom. The van der Waals surface area contributed by atoms with E-state index >= 15 is 0 Å². The van der Waals surface area contributed by atoms with Crippen LogP contribution in [0.4, 0.5) is 16.2 Å². The lowest BCUT2D eigenvalue weighted by Gasteiger charge is -2.26. The second-order valence-electron chi connectivity index (χ2n) is 6.10. The molecule has 0 unspecified atom stereocenters. The number of non-ortho nitro benzene ring substituents is 1. The monoisotopic (exact) mass is 445 g/mol. The Balaban J connectivity index is 2.04. The third-order valence-electron chi connectivity index (χ3n) is 4.02. The van der Waals surface area contributed by atoms with Gasteiger partial charge in [-0.15, -0.1) is 0 Å². The molecule has 0 radical (unpaired) electrons. The highest BCUT2D eigenvalue weighted by atomic mass is 35.5. The van der Waals surface area contributed by atoms with Crippen LogP contribution in [-0.2, 0) is 14.4 Å². The van der Waals surface area contributed by atoms with Crippen molar-refractivity contribution in [1.29, 1.82) is 0 Å². The first-order valence-electron chi connectivity index (χ1n) is 8.47. The van der Waals surface area contributed by atoms with E-state index in [4.69, 9.17) is 21.4 Å². The molecule has 0 atom stereocenters. The number of urea groups is 1. The van der Waals surface area contributed by atoms with Crippen molar-refractivity contribution in [1.82, 2.24) is 5.32 Å². The lowest BCUT2D eigenvalue weighted by Crippen LogP contribution is -2.54. The smallest absolute Gasteiger partial charge is 0.341 e. The number of aliphatic carboxylic acids is 1. The molecule has 1 aliphatic rings. The molecule has 0 saturated carbocycles. The molecular weight excluding hydrogens is 434 g/mol. The number of carboxylic acids is 1. The zero-order valence-electron chi connectivity index (χ0n) is 15.4. The van der Waals surface area contributed by atoms with Crippen LogP contribution in [0.15, 0.2) is 48.0 Å². The highest BCUT2D eigenvalue weighted by Gasteiger charge is 2.37. The normalized spacial score (nSPS) is 15.1. The summed E-state index contributed by atoms with van der Waals surface area (Å²) >= 11 is 5.95. The van der Waals surface area contributed by atoms with Crippen molar-refractivity contribution in [2.24, 2.45) is 0 Å². The molecule has 158 valence electrons. The molecule has 31 heavy (non-hydrogen) atoms. The molecule has 0 aromatic heterocycles. The molecule has 1 fully saturated rings. The van der Waals surface area contributed by atoms with Gasteiger partial charge in [0.05, 0.1) is 10.6 Å². The van der Waals surface area contributed by atoms with Gasteiger partial charge in [0.15, 0.2) is 6.61 Å². The number of nitrogens with zero attached hydrogens (tertiary/aromatic N) is 2. The fourth-order valence-electron chi connectivity index (χ4n) is 2.70. The number of anilines is 1. The van der Waals surface area contributed by atoms with Crippen molar-refractivity contribution in [2.45, 2.75) is 0 Å². The number of halogens is 1.